The lowest BCUT2D eigenvalue weighted by Crippen LogP contribution is -2.25. The molecule has 0 saturated heterocycles. The van der Waals surface area contributed by atoms with Gasteiger partial charge in [0.05, 0.1) is 13.3 Å². The molecule has 1 aromatic rings. The highest BCUT2D eigenvalue weighted by atomic mass is 19.1. The van der Waals surface area contributed by atoms with Crippen LogP contribution in [0.1, 0.15) is 88.7 Å². The summed E-state index contributed by atoms with van der Waals surface area (Å²) in [7, 11) is 0. The Morgan fingerprint density at radius 2 is 1.53 bits per heavy atom. The summed E-state index contributed by atoms with van der Waals surface area (Å²) in [6.07, 6.45) is 19.8. The summed E-state index contributed by atoms with van der Waals surface area (Å²) < 4.78 is 17.9. The van der Waals surface area contributed by atoms with E-state index in [1.807, 2.05) is 0 Å². The van der Waals surface area contributed by atoms with Crippen LogP contribution in [-0.4, -0.2) is 13.3 Å². The van der Waals surface area contributed by atoms with E-state index in [4.69, 9.17) is 4.74 Å². The maximum Gasteiger partial charge on any atom is 0.0928 e. The zero-order valence-corrected chi connectivity index (χ0v) is 19.2. The molecule has 30 heavy (non-hydrogen) atoms. The summed E-state index contributed by atoms with van der Waals surface area (Å²) in [5.41, 5.74) is 2.77. The predicted molar refractivity (Wildman–Crippen MR) is 125 cm³/mol. The molecule has 2 fully saturated rings. The molecule has 168 valence electrons. The molecule has 1 nitrogen and oxygen atoms in total. The molecule has 0 atom stereocenters. The van der Waals surface area contributed by atoms with E-state index in [0.717, 1.165) is 37.4 Å². The molecule has 0 aliphatic heterocycles. The van der Waals surface area contributed by atoms with Gasteiger partial charge in [-0.2, -0.15) is 0 Å². The van der Waals surface area contributed by atoms with Crippen molar-refractivity contribution in [3.8, 4) is 0 Å². The van der Waals surface area contributed by atoms with Crippen LogP contribution in [-0.2, 0) is 17.8 Å². The molecule has 0 aromatic heterocycles. The van der Waals surface area contributed by atoms with Gasteiger partial charge in [0, 0.05) is 6.61 Å². The monoisotopic (exact) mass is 414 g/mol. The zero-order chi connectivity index (χ0) is 21.0. The number of halogens is 1. The molecule has 1 aromatic carbocycles. The fourth-order valence-electron chi connectivity index (χ4n) is 5.62. The minimum absolute atomic E-state index is 0.214. The number of aryl methyl sites for hydroxylation is 1. The number of hydrogen-bond acceptors (Lipinski definition) is 1. The first kappa shape index (κ1) is 23.5. The third-order valence-corrected chi connectivity index (χ3v) is 7.54. The SMILES string of the molecule is CCCOCc1ccc(CC[C@H]2CC[C@H]([C@H]3CC[C@H](C=CCCF)CC3)CC2)cc1. The highest BCUT2D eigenvalue weighted by molar-refractivity contribution is 5.22. The normalized spacial score (nSPS) is 27.5. The van der Waals surface area contributed by atoms with Crippen LogP contribution in [0.3, 0.4) is 0 Å². The number of allylic oxidation sites excluding steroid dienone is 2. The minimum Gasteiger partial charge on any atom is -0.377 e. The average Bonchev–Trinajstić information content (AvgIpc) is 2.80. The van der Waals surface area contributed by atoms with Gasteiger partial charge in [0.25, 0.3) is 0 Å². The van der Waals surface area contributed by atoms with E-state index in [-0.39, 0.29) is 6.67 Å². The van der Waals surface area contributed by atoms with Crippen LogP contribution in [0, 0.1) is 23.7 Å². The molecule has 2 saturated carbocycles. The fraction of sp³-hybridized carbons (Fsp3) is 0.714. The molecule has 2 heteroatoms. The standard InChI is InChI=1S/C28H43FO/c1-2-21-30-22-26-10-8-24(9-11-26)6-7-25-14-18-28(19-15-25)27-16-12-23(13-17-27)5-3-4-20-29/h3,5,8-11,23,25,27-28H,2,4,6-7,12-22H2,1H3/t23-,25-,27-,28-. The molecule has 0 radical (unpaired) electrons. The zero-order valence-electron chi connectivity index (χ0n) is 19.2. The van der Waals surface area contributed by atoms with Crippen molar-refractivity contribution in [3.05, 3.63) is 47.5 Å². The molecule has 0 amide bonds. The molecule has 2 aliphatic carbocycles. The maximum absolute atomic E-state index is 12.2. The number of rotatable bonds is 11. The first-order valence-electron chi connectivity index (χ1n) is 12.7. The van der Waals surface area contributed by atoms with Gasteiger partial charge in [0.1, 0.15) is 0 Å². The fourth-order valence-corrected chi connectivity index (χ4v) is 5.62. The Bertz CT molecular complexity index is 592. The van der Waals surface area contributed by atoms with Crippen LogP contribution in [0.4, 0.5) is 4.39 Å². The molecule has 0 heterocycles. The van der Waals surface area contributed by atoms with Crippen molar-refractivity contribution in [1.29, 1.82) is 0 Å². The molecular weight excluding hydrogens is 371 g/mol. The molecule has 0 unspecified atom stereocenters. The second-order valence-electron chi connectivity index (χ2n) is 9.77. The Kier molecular flexibility index (Phi) is 10.4. The lowest BCUT2D eigenvalue weighted by molar-refractivity contribution is 0.121. The summed E-state index contributed by atoms with van der Waals surface area (Å²) in [5.74, 6) is 3.57. The van der Waals surface area contributed by atoms with E-state index >= 15 is 0 Å². The Morgan fingerprint density at radius 1 is 0.900 bits per heavy atom. The largest absolute Gasteiger partial charge is 0.377 e. The lowest BCUT2D eigenvalue weighted by Gasteiger charge is -2.37. The highest BCUT2D eigenvalue weighted by Crippen LogP contribution is 2.42. The molecule has 3 rings (SSSR count). The van der Waals surface area contributed by atoms with E-state index in [0.29, 0.717) is 12.3 Å². The van der Waals surface area contributed by atoms with E-state index in [9.17, 15) is 4.39 Å². The Morgan fingerprint density at radius 3 is 2.17 bits per heavy atom. The quantitative estimate of drug-likeness (QED) is 0.263. The summed E-state index contributed by atoms with van der Waals surface area (Å²) in [5, 5.41) is 0. The summed E-state index contributed by atoms with van der Waals surface area (Å²) >= 11 is 0. The number of alkyl halides is 1. The average molecular weight is 415 g/mol. The Labute approximate surface area is 184 Å². The molecule has 2 aliphatic rings. The highest BCUT2D eigenvalue weighted by Gasteiger charge is 2.30. The smallest absolute Gasteiger partial charge is 0.0928 e. The summed E-state index contributed by atoms with van der Waals surface area (Å²) in [6.45, 7) is 3.53. The third-order valence-electron chi connectivity index (χ3n) is 7.54. The van der Waals surface area contributed by atoms with Gasteiger partial charge in [0.2, 0.25) is 0 Å². The predicted octanol–water partition coefficient (Wildman–Crippen LogP) is 8.07. The van der Waals surface area contributed by atoms with Crippen LogP contribution in [0.5, 0.6) is 0 Å². The maximum atomic E-state index is 12.2. The van der Waals surface area contributed by atoms with Crippen LogP contribution < -0.4 is 0 Å². The van der Waals surface area contributed by atoms with Crippen molar-refractivity contribution < 1.29 is 9.13 Å². The van der Waals surface area contributed by atoms with Crippen LogP contribution in [0.15, 0.2) is 36.4 Å². The van der Waals surface area contributed by atoms with Gasteiger partial charge in [-0.05, 0) is 99.0 Å². The molecule has 0 N–H and O–H groups in total. The van der Waals surface area contributed by atoms with Crippen molar-refractivity contribution in [2.24, 2.45) is 23.7 Å². The van der Waals surface area contributed by atoms with Crippen LogP contribution in [0.25, 0.3) is 0 Å². The van der Waals surface area contributed by atoms with Gasteiger partial charge in [0.15, 0.2) is 0 Å². The first-order chi connectivity index (χ1) is 14.8. The lowest BCUT2D eigenvalue weighted by atomic mass is 9.68. The minimum atomic E-state index is -0.214. The first-order valence-corrected chi connectivity index (χ1v) is 12.7. The number of benzene rings is 1. The Hall–Kier alpha value is -1.15. The van der Waals surface area contributed by atoms with Crippen LogP contribution in [0.2, 0.25) is 0 Å². The van der Waals surface area contributed by atoms with Gasteiger partial charge in [-0.15, -0.1) is 0 Å². The van der Waals surface area contributed by atoms with Gasteiger partial charge < -0.3 is 4.74 Å². The molecule has 0 spiro atoms. The van der Waals surface area contributed by atoms with Crippen molar-refractivity contribution >= 4 is 0 Å². The van der Waals surface area contributed by atoms with E-state index in [1.165, 1.54) is 75.3 Å². The van der Waals surface area contributed by atoms with Crippen molar-refractivity contribution in [2.75, 3.05) is 13.3 Å². The second-order valence-corrected chi connectivity index (χ2v) is 9.77. The van der Waals surface area contributed by atoms with E-state index in [2.05, 4.69) is 43.3 Å². The van der Waals surface area contributed by atoms with Crippen molar-refractivity contribution in [3.63, 3.8) is 0 Å². The Balaban J connectivity index is 1.31. The summed E-state index contributed by atoms with van der Waals surface area (Å²) in [4.78, 5) is 0. The number of hydrogen-bond donors (Lipinski definition) is 0. The van der Waals surface area contributed by atoms with Gasteiger partial charge >= 0.3 is 0 Å². The van der Waals surface area contributed by atoms with Gasteiger partial charge in [-0.3, -0.25) is 4.39 Å². The molecular formula is C28H43FO. The van der Waals surface area contributed by atoms with Crippen LogP contribution >= 0.6 is 0 Å². The van der Waals surface area contributed by atoms with E-state index in [1.54, 1.807) is 0 Å². The van der Waals surface area contributed by atoms with Crippen molar-refractivity contribution in [2.45, 2.75) is 90.6 Å². The summed E-state index contributed by atoms with van der Waals surface area (Å²) in [6, 6.07) is 9.09. The van der Waals surface area contributed by atoms with Gasteiger partial charge in [-0.25, -0.2) is 0 Å². The topological polar surface area (TPSA) is 9.23 Å². The molecule has 0 bridgehead atoms. The number of ether oxygens (including phenoxy) is 1. The van der Waals surface area contributed by atoms with E-state index < -0.39 is 0 Å². The van der Waals surface area contributed by atoms with Gasteiger partial charge in [-0.1, -0.05) is 56.2 Å². The second kappa shape index (κ2) is 13.3. The van der Waals surface area contributed by atoms with Crippen molar-refractivity contribution in [1.82, 2.24) is 0 Å². The third kappa shape index (κ3) is 7.84.